The zero-order chi connectivity index (χ0) is 31.1. The number of piperidine rings is 1. The molecule has 0 saturated carbocycles. The van der Waals surface area contributed by atoms with Gasteiger partial charge in [0.2, 0.25) is 5.78 Å². The van der Waals surface area contributed by atoms with Gasteiger partial charge in [0.15, 0.2) is 0 Å². The zero-order valence-corrected chi connectivity index (χ0v) is 25.3. The first-order chi connectivity index (χ1) is 21.1. The van der Waals surface area contributed by atoms with Gasteiger partial charge in [0, 0.05) is 6.42 Å². The number of esters is 1. The van der Waals surface area contributed by atoms with Crippen LogP contribution in [-0.2, 0) is 61.8 Å². The third-order valence-corrected chi connectivity index (χ3v) is 5.76. The maximum Gasteiger partial charge on any atom is 0.372 e. The summed E-state index contributed by atoms with van der Waals surface area (Å²) in [6.45, 7) is 9.92. The van der Waals surface area contributed by atoms with Crippen molar-refractivity contribution >= 4 is 17.7 Å². The highest BCUT2D eigenvalue weighted by atomic mass is 16.6. The number of nitrogens with one attached hydrogen (secondary N) is 1. The molecule has 0 spiro atoms. The summed E-state index contributed by atoms with van der Waals surface area (Å²) in [7, 11) is 0. The van der Waals surface area contributed by atoms with E-state index in [1.54, 1.807) is 0 Å². The number of ether oxygens (including phenoxy) is 10. The van der Waals surface area contributed by atoms with Gasteiger partial charge in [-0.3, -0.25) is 9.59 Å². The summed E-state index contributed by atoms with van der Waals surface area (Å²) in [5.41, 5.74) is 0. The SMILES string of the molecule is O=C(CCC(=O)C(=O)O)OCCOCCOCCOCCOCCOCCOCCOCCOCCOC1CCNCC1. The summed E-state index contributed by atoms with van der Waals surface area (Å²) in [5.74, 6) is -3.23. The van der Waals surface area contributed by atoms with E-state index in [1.165, 1.54) is 0 Å². The van der Waals surface area contributed by atoms with Gasteiger partial charge in [-0.2, -0.15) is 0 Å². The minimum Gasteiger partial charge on any atom is -0.476 e. The van der Waals surface area contributed by atoms with Crippen LogP contribution in [0, 0.1) is 0 Å². The monoisotopic (exact) mass is 625 g/mol. The Bertz CT molecular complexity index is 678. The van der Waals surface area contributed by atoms with E-state index in [2.05, 4.69) is 5.32 Å². The predicted octanol–water partition coefficient (Wildman–Crippen LogP) is -0.135. The van der Waals surface area contributed by atoms with E-state index in [0.29, 0.717) is 112 Å². The van der Waals surface area contributed by atoms with Gasteiger partial charge in [-0.25, -0.2) is 4.79 Å². The van der Waals surface area contributed by atoms with Crippen LogP contribution in [0.2, 0.25) is 0 Å². The second-order valence-corrected chi connectivity index (χ2v) is 9.17. The number of carbonyl (C=O) groups excluding carboxylic acids is 2. The minimum absolute atomic E-state index is 0.0182. The number of ketones is 1. The fraction of sp³-hybridized carbons (Fsp3) is 0.893. The van der Waals surface area contributed by atoms with Gasteiger partial charge in [0.1, 0.15) is 6.61 Å². The predicted molar refractivity (Wildman–Crippen MR) is 151 cm³/mol. The second kappa shape index (κ2) is 30.2. The van der Waals surface area contributed by atoms with Crippen LogP contribution in [0.15, 0.2) is 0 Å². The second-order valence-electron chi connectivity index (χ2n) is 9.17. The lowest BCUT2D eigenvalue weighted by Crippen LogP contribution is -2.33. The van der Waals surface area contributed by atoms with Crippen LogP contribution in [0.4, 0.5) is 0 Å². The minimum atomic E-state index is -1.56. The normalized spacial score (nSPS) is 13.8. The molecule has 252 valence electrons. The summed E-state index contributed by atoms with van der Waals surface area (Å²) < 4.78 is 54.0. The Balaban J connectivity index is 1.65. The molecular formula is C28H51NO14. The molecule has 15 nitrogen and oxygen atoms in total. The van der Waals surface area contributed by atoms with E-state index in [4.69, 9.17) is 52.5 Å². The fourth-order valence-corrected chi connectivity index (χ4v) is 3.49. The van der Waals surface area contributed by atoms with Crippen LogP contribution in [0.5, 0.6) is 0 Å². The van der Waals surface area contributed by atoms with E-state index in [-0.39, 0.29) is 26.1 Å². The largest absolute Gasteiger partial charge is 0.476 e. The number of carboxylic acids is 1. The summed E-state index contributed by atoms with van der Waals surface area (Å²) in [6, 6.07) is 0. The molecule has 0 atom stereocenters. The lowest BCUT2D eigenvalue weighted by Gasteiger charge is -2.22. The summed E-state index contributed by atoms with van der Waals surface area (Å²) >= 11 is 0. The highest BCUT2D eigenvalue weighted by Crippen LogP contribution is 2.06. The Morgan fingerprint density at radius 1 is 0.512 bits per heavy atom. The topological polar surface area (TPSA) is 176 Å². The molecular weight excluding hydrogens is 574 g/mol. The van der Waals surface area contributed by atoms with Crippen molar-refractivity contribution < 1.29 is 66.9 Å². The number of carbonyl (C=O) groups is 3. The first-order valence-corrected chi connectivity index (χ1v) is 15.0. The van der Waals surface area contributed by atoms with Gasteiger partial charge in [-0.15, -0.1) is 0 Å². The molecule has 0 aromatic rings. The molecule has 1 rings (SSSR count). The van der Waals surface area contributed by atoms with Gasteiger partial charge >= 0.3 is 11.9 Å². The molecule has 0 aromatic heterocycles. The molecule has 1 aliphatic heterocycles. The van der Waals surface area contributed by atoms with Crippen molar-refractivity contribution in [3.8, 4) is 0 Å². The number of aliphatic carboxylic acids is 1. The maximum atomic E-state index is 11.3. The fourth-order valence-electron chi connectivity index (χ4n) is 3.49. The van der Waals surface area contributed by atoms with Crippen LogP contribution >= 0.6 is 0 Å². The third-order valence-electron chi connectivity index (χ3n) is 5.76. The molecule has 1 saturated heterocycles. The molecule has 1 aliphatic rings. The quantitative estimate of drug-likeness (QED) is 0.0574. The highest BCUT2D eigenvalue weighted by molar-refractivity contribution is 6.32. The first kappa shape index (κ1) is 39.2. The molecule has 1 fully saturated rings. The lowest BCUT2D eigenvalue weighted by molar-refractivity contribution is -0.151. The van der Waals surface area contributed by atoms with Crippen LogP contribution in [0.3, 0.4) is 0 Å². The van der Waals surface area contributed by atoms with Crippen molar-refractivity contribution in [3.05, 3.63) is 0 Å². The van der Waals surface area contributed by atoms with Crippen molar-refractivity contribution in [1.29, 1.82) is 0 Å². The highest BCUT2D eigenvalue weighted by Gasteiger charge is 2.14. The van der Waals surface area contributed by atoms with Crippen molar-refractivity contribution in [2.45, 2.75) is 31.8 Å². The molecule has 2 N–H and O–H groups in total. The number of carboxylic acid groups (broad SMARTS) is 1. The first-order valence-electron chi connectivity index (χ1n) is 15.0. The Labute approximate surface area is 254 Å². The standard InChI is InChI=1S/C28H51NO14/c30-26(28(32)33)1-2-27(31)43-24-22-41-20-18-39-16-14-37-12-10-35-8-7-34-9-11-36-13-15-38-17-19-40-21-23-42-25-3-5-29-6-4-25/h25,29H,1-24H2,(H,32,33). The van der Waals surface area contributed by atoms with Crippen LogP contribution < -0.4 is 5.32 Å². The number of rotatable bonds is 32. The van der Waals surface area contributed by atoms with E-state index in [9.17, 15) is 14.4 Å². The molecule has 0 aromatic carbocycles. The van der Waals surface area contributed by atoms with Gasteiger partial charge in [-0.05, 0) is 25.9 Å². The van der Waals surface area contributed by atoms with Gasteiger partial charge in [0.05, 0.1) is 125 Å². The van der Waals surface area contributed by atoms with Gasteiger partial charge in [0.25, 0.3) is 0 Å². The van der Waals surface area contributed by atoms with Crippen LogP contribution in [-0.4, -0.2) is 161 Å². The molecule has 0 bridgehead atoms. The maximum absolute atomic E-state index is 11.3. The van der Waals surface area contributed by atoms with E-state index >= 15 is 0 Å². The molecule has 0 unspecified atom stereocenters. The van der Waals surface area contributed by atoms with Crippen molar-refractivity contribution in [1.82, 2.24) is 5.32 Å². The molecule has 0 aliphatic carbocycles. The molecule has 15 heteroatoms. The molecule has 0 amide bonds. The molecule has 0 radical (unpaired) electrons. The number of hydrogen-bond acceptors (Lipinski definition) is 14. The van der Waals surface area contributed by atoms with E-state index < -0.39 is 17.7 Å². The molecule has 43 heavy (non-hydrogen) atoms. The number of Topliss-reactive ketones (excluding diaryl/α,β-unsaturated/α-hetero) is 1. The lowest BCUT2D eigenvalue weighted by atomic mass is 10.1. The Morgan fingerprint density at radius 2 is 0.860 bits per heavy atom. The number of hydrogen-bond donors (Lipinski definition) is 2. The Hall–Kier alpha value is -1.79. The van der Waals surface area contributed by atoms with Crippen molar-refractivity contribution in [2.75, 3.05) is 132 Å². The van der Waals surface area contributed by atoms with Gasteiger partial charge in [-0.1, -0.05) is 0 Å². The van der Waals surface area contributed by atoms with Crippen LogP contribution in [0.25, 0.3) is 0 Å². The summed E-state index contributed by atoms with van der Waals surface area (Å²) in [6.07, 6.45) is 1.84. The van der Waals surface area contributed by atoms with E-state index in [1.807, 2.05) is 0 Å². The van der Waals surface area contributed by atoms with Gasteiger partial charge < -0.3 is 57.8 Å². The average molecular weight is 626 g/mol. The summed E-state index contributed by atoms with van der Waals surface area (Å²) in [5, 5.41) is 11.7. The summed E-state index contributed by atoms with van der Waals surface area (Å²) in [4.78, 5) is 32.6. The van der Waals surface area contributed by atoms with Crippen LogP contribution in [0.1, 0.15) is 25.7 Å². The Kier molecular flexibility index (Phi) is 27.6. The third kappa shape index (κ3) is 27.5. The smallest absolute Gasteiger partial charge is 0.372 e. The van der Waals surface area contributed by atoms with E-state index in [0.717, 1.165) is 25.9 Å². The molecule has 1 heterocycles. The zero-order valence-electron chi connectivity index (χ0n) is 25.3. The Morgan fingerprint density at radius 3 is 1.23 bits per heavy atom. The van der Waals surface area contributed by atoms with Crippen molar-refractivity contribution in [2.24, 2.45) is 0 Å². The van der Waals surface area contributed by atoms with Crippen molar-refractivity contribution in [3.63, 3.8) is 0 Å². The average Bonchev–Trinajstić information content (AvgIpc) is 3.01.